The Kier molecular flexibility index (Phi) is 2.77. The summed E-state index contributed by atoms with van der Waals surface area (Å²) in [5, 5.41) is 10.4. The van der Waals surface area contributed by atoms with Gasteiger partial charge < -0.3 is 10.1 Å². The average molecular weight is 316 g/mol. The fourth-order valence-corrected chi connectivity index (χ4v) is 4.58. The number of aryl methyl sites for hydroxylation is 2. The van der Waals surface area contributed by atoms with E-state index < -0.39 is 0 Å². The Hall–Kier alpha value is -1.92. The van der Waals surface area contributed by atoms with E-state index in [2.05, 4.69) is 4.98 Å². The van der Waals surface area contributed by atoms with Gasteiger partial charge in [0.1, 0.15) is 10.6 Å². The van der Waals surface area contributed by atoms with Gasteiger partial charge in [0.05, 0.1) is 11.1 Å². The first kappa shape index (κ1) is 12.8. The summed E-state index contributed by atoms with van der Waals surface area (Å²) in [6, 6.07) is 6.59. The molecule has 4 rings (SSSR count). The summed E-state index contributed by atoms with van der Waals surface area (Å²) in [4.78, 5) is 18.2. The van der Waals surface area contributed by atoms with Gasteiger partial charge in [-0.25, -0.2) is 0 Å². The number of hydrogen-bond donors (Lipinski definition) is 2. The standard InChI is InChI=1S/C15H12N2O2S2/c18-9-4-1-3-8(7-9)17-14(19)12-10-5-2-6-11(10)21-13(12)16-15(17)20/h1,3-4,7,18H,2,5-6H2,(H,16,20). The van der Waals surface area contributed by atoms with Crippen molar-refractivity contribution in [3.8, 4) is 11.4 Å². The number of thiophene rings is 1. The number of benzene rings is 1. The largest absolute Gasteiger partial charge is 0.508 e. The SMILES string of the molecule is O=c1c2c3c(sc2[nH]c(=S)n1-c1cccc(O)c1)CCC3. The van der Waals surface area contributed by atoms with Crippen molar-refractivity contribution in [2.24, 2.45) is 0 Å². The zero-order valence-corrected chi connectivity index (χ0v) is 12.7. The molecule has 0 radical (unpaired) electrons. The monoisotopic (exact) mass is 316 g/mol. The summed E-state index contributed by atoms with van der Waals surface area (Å²) in [5.41, 5.74) is 1.65. The molecule has 0 fully saturated rings. The topological polar surface area (TPSA) is 58.0 Å². The maximum Gasteiger partial charge on any atom is 0.267 e. The van der Waals surface area contributed by atoms with E-state index in [1.165, 1.54) is 15.0 Å². The predicted molar refractivity (Wildman–Crippen MR) is 86.3 cm³/mol. The van der Waals surface area contributed by atoms with E-state index in [0.29, 0.717) is 10.5 Å². The highest BCUT2D eigenvalue weighted by molar-refractivity contribution is 7.71. The van der Waals surface area contributed by atoms with Gasteiger partial charge in [0.2, 0.25) is 0 Å². The van der Waals surface area contributed by atoms with Crippen molar-refractivity contribution >= 4 is 33.8 Å². The first-order chi connectivity index (χ1) is 10.1. The quantitative estimate of drug-likeness (QED) is 0.677. The van der Waals surface area contributed by atoms with E-state index in [9.17, 15) is 9.90 Å². The number of rotatable bonds is 1. The summed E-state index contributed by atoms with van der Waals surface area (Å²) in [5.74, 6) is 0.115. The minimum absolute atomic E-state index is 0.0984. The summed E-state index contributed by atoms with van der Waals surface area (Å²) < 4.78 is 1.82. The number of nitrogens with zero attached hydrogens (tertiary/aromatic N) is 1. The molecule has 21 heavy (non-hydrogen) atoms. The number of nitrogens with one attached hydrogen (secondary N) is 1. The van der Waals surface area contributed by atoms with Crippen LogP contribution in [0.4, 0.5) is 0 Å². The van der Waals surface area contributed by atoms with Crippen LogP contribution in [0, 0.1) is 4.77 Å². The fourth-order valence-electron chi connectivity index (χ4n) is 2.94. The lowest BCUT2D eigenvalue weighted by molar-refractivity contribution is 0.475. The second kappa shape index (κ2) is 4.54. The maximum absolute atomic E-state index is 12.9. The first-order valence-corrected chi connectivity index (χ1v) is 7.96. The van der Waals surface area contributed by atoms with Gasteiger partial charge in [-0.05, 0) is 49.2 Å². The van der Waals surface area contributed by atoms with E-state index in [1.54, 1.807) is 35.6 Å². The van der Waals surface area contributed by atoms with Crippen LogP contribution < -0.4 is 5.56 Å². The van der Waals surface area contributed by atoms with Crippen molar-refractivity contribution in [1.82, 2.24) is 9.55 Å². The Bertz CT molecular complexity index is 981. The fraction of sp³-hybridized carbons (Fsp3) is 0.200. The molecule has 1 aromatic carbocycles. The summed E-state index contributed by atoms with van der Waals surface area (Å²) in [6.07, 6.45) is 3.11. The highest BCUT2D eigenvalue weighted by Gasteiger charge is 2.21. The Balaban J connectivity index is 2.11. The van der Waals surface area contributed by atoms with Crippen LogP contribution in [-0.2, 0) is 12.8 Å². The molecule has 1 aliphatic rings. The van der Waals surface area contributed by atoms with Gasteiger partial charge in [0, 0.05) is 10.9 Å². The van der Waals surface area contributed by atoms with E-state index in [1.807, 2.05) is 0 Å². The van der Waals surface area contributed by atoms with E-state index >= 15 is 0 Å². The Labute approximate surface area is 129 Å². The molecule has 2 N–H and O–H groups in total. The molecule has 0 bridgehead atoms. The zero-order valence-electron chi connectivity index (χ0n) is 11.0. The van der Waals surface area contributed by atoms with Crippen LogP contribution in [0.15, 0.2) is 29.1 Å². The lowest BCUT2D eigenvalue weighted by atomic mass is 10.2. The molecule has 0 atom stereocenters. The van der Waals surface area contributed by atoms with Gasteiger partial charge >= 0.3 is 0 Å². The van der Waals surface area contributed by atoms with Gasteiger partial charge in [-0.3, -0.25) is 9.36 Å². The Morgan fingerprint density at radius 3 is 3.00 bits per heavy atom. The number of phenolic OH excluding ortho intramolecular Hbond substituents is 1. The van der Waals surface area contributed by atoms with Gasteiger partial charge in [-0.1, -0.05) is 6.07 Å². The van der Waals surface area contributed by atoms with Crippen molar-refractivity contribution in [2.75, 3.05) is 0 Å². The molecule has 106 valence electrons. The maximum atomic E-state index is 12.9. The third-order valence-corrected chi connectivity index (χ3v) is 5.34. The van der Waals surface area contributed by atoms with Crippen LogP contribution in [0.3, 0.4) is 0 Å². The molecule has 6 heteroatoms. The van der Waals surface area contributed by atoms with E-state index in [4.69, 9.17) is 12.2 Å². The zero-order chi connectivity index (χ0) is 14.6. The van der Waals surface area contributed by atoms with Crippen LogP contribution >= 0.6 is 23.6 Å². The molecular weight excluding hydrogens is 304 g/mol. The third kappa shape index (κ3) is 1.86. The third-order valence-electron chi connectivity index (χ3n) is 3.85. The number of aromatic amines is 1. The number of fused-ring (bicyclic) bond motifs is 3. The van der Waals surface area contributed by atoms with Gasteiger partial charge in [-0.15, -0.1) is 11.3 Å². The van der Waals surface area contributed by atoms with Crippen LogP contribution in [0.2, 0.25) is 0 Å². The Morgan fingerprint density at radius 1 is 1.33 bits per heavy atom. The van der Waals surface area contributed by atoms with Gasteiger partial charge in [0.25, 0.3) is 5.56 Å². The number of aromatic hydroxyl groups is 1. The molecule has 0 spiro atoms. The van der Waals surface area contributed by atoms with Crippen molar-refractivity contribution in [1.29, 1.82) is 0 Å². The molecule has 2 heterocycles. The smallest absolute Gasteiger partial charge is 0.267 e. The van der Waals surface area contributed by atoms with Gasteiger partial charge in [-0.2, -0.15) is 0 Å². The predicted octanol–water partition coefficient (Wildman–Crippen LogP) is 3.30. The minimum Gasteiger partial charge on any atom is -0.508 e. The summed E-state index contributed by atoms with van der Waals surface area (Å²) >= 11 is 6.97. The first-order valence-electron chi connectivity index (χ1n) is 6.74. The molecule has 0 aliphatic heterocycles. The highest BCUT2D eigenvalue weighted by Crippen LogP contribution is 2.34. The van der Waals surface area contributed by atoms with Crippen LogP contribution in [0.5, 0.6) is 5.75 Å². The molecule has 4 nitrogen and oxygen atoms in total. The minimum atomic E-state index is -0.0984. The van der Waals surface area contributed by atoms with Crippen LogP contribution in [-0.4, -0.2) is 14.7 Å². The van der Waals surface area contributed by atoms with Crippen molar-refractivity contribution in [2.45, 2.75) is 19.3 Å². The van der Waals surface area contributed by atoms with Gasteiger partial charge in [0.15, 0.2) is 4.77 Å². The summed E-state index contributed by atoms with van der Waals surface area (Å²) in [6.45, 7) is 0. The second-order valence-electron chi connectivity index (χ2n) is 5.15. The number of hydrogen-bond acceptors (Lipinski definition) is 4. The molecule has 0 saturated heterocycles. The average Bonchev–Trinajstić information content (AvgIpc) is 2.98. The molecular formula is C15H12N2O2S2. The number of phenols is 1. The number of aromatic nitrogens is 2. The lowest BCUT2D eigenvalue weighted by Crippen LogP contribution is -2.20. The lowest BCUT2D eigenvalue weighted by Gasteiger charge is -2.07. The van der Waals surface area contributed by atoms with Crippen molar-refractivity contribution < 1.29 is 5.11 Å². The molecule has 2 aromatic heterocycles. The molecule has 0 saturated carbocycles. The van der Waals surface area contributed by atoms with E-state index in [0.717, 1.165) is 29.5 Å². The molecule has 0 amide bonds. The molecule has 1 aliphatic carbocycles. The summed E-state index contributed by atoms with van der Waals surface area (Å²) in [7, 11) is 0. The normalized spacial score (nSPS) is 13.7. The van der Waals surface area contributed by atoms with Crippen LogP contribution in [0.1, 0.15) is 16.9 Å². The highest BCUT2D eigenvalue weighted by atomic mass is 32.1. The molecule has 0 unspecified atom stereocenters. The van der Waals surface area contributed by atoms with Crippen molar-refractivity contribution in [3.05, 3.63) is 49.8 Å². The molecule has 3 aromatic rings. The van der Waals surface area contributed by atoms with E-state index in [-0.39, 0.29) is 11.3 Å². The van der Waals surface area contributed by atoms with Crippen molar-refractivity contribution in [3.63, 3.8) is 0 Å². The second-order valence-corrected chi connectivity index (χ2v) is 6.64. The number of H-pyrrole nitrogens is 1. The Morgan fingerprint density at radius 2 is 2.19 bits per heavy atom. The van der Waals surface area contributed by atoms with Crippen LogP contribution in [0.25, 0.3) is 15.9 Å².